The molecule has 0 fully saturated rings. The average molecular weight is 353 g/mol. The van der Waals surface area contributed by atoms with Crippen LogP contribution in [-0.2, 0) is 0 Å². The van der Waals surface area contributed by atoms with Gasteiger partial charge in [-0.05, 0) is 30.3 Å². The minimum Gasteiger partial charge on any atom is -0.493 e. The lowest BCUT2D eigenvalue weighted by Crippen LogP contribution is -2.23. The number of benzene rings is 2. The smallest absolute Gasteiger partial charge is 0.252 e. The summed E-state index contributed by atoms with van der Waals surface area (Å²) in [7, 11) is 1.59. The molecule has 0 spiro atoms. The Labute approximate surface area is 149 Å². The number of amides is 1. The molecule has 7 heteroatoms. The summed E-state index contributed by atoms with van der Waals surface area (Å²) in [6, 6.07) is 12.6. The van der Waals surface area contributed by atoms with E-state index in [1.54, 1.807) is 25.3 Å². The van der Waals surface area contributed by atoms with Crippen LogP contribution in [0.25, 0.3) is 11.0 Å². The van der Waals surface area contributed by atoms with Crippen LogP contribution in [0.15, 0.2) is 42.5 Å². The van der Waals surface area contributed by atoms with Gasteiger partial charge >= 0.3 is 0 Å². The topological polar surface area (TPSA) is 73.3 Å². The van der Waals surface area contributed by atoms with Crippen LogP contribution in [0.4, 0.5) is 0 Å². The third-order valence-electron chi connectivity index (χ3n) is 3.35. The van der Waals surface area contributed by atoms with Crippen LogP contribution >= 0.6 is 11.7 Å². The highest BCUT2D eigenvalue weighted by molar-refractivity contribution is 7.00. The van der Waals surface area contributed by atoms with Gasteiger partial charge in [-0.3, -0.25) is 4.79 Å². The number of fused-ring (bicyclic) bond motifs is 1. The standard InChI is InChI=1S/C18H15N3O3S/c1-23-16-6-2-3-7-17(16)24-11-5-4-10-19-18(22)13-8-9-14-15(12-13)21-25-20-14/h2-3,6-9,12H,10-11H2,1H3,(H,19,22). The summed E-state index contributed by atoms with van der Waals surface area (Å²) in [6.45, 7) is 0.453. The number of hydrogen-bond donors (Lipinski definition) is 1. The van der Waals surface area contributed by atoms with Gasteiger partial charge in [0.15, 0.2) is 11.5 Å². The molecule has 1 N–H and O–H groups in total. The van der Waals surface area contributed by atoms with Gasteiger partial charge in [-0.25, -0.2) is 0 Å². The van der Waals surface area contributed by atoms with E-state index in [1.807, 2.05) is 24.3 Å². The highest BCUT2D eigenvalue weighted by atomic mass is 32.1. The molecule has 3 aromatic rings. The van der Waals surface area contributed by atoms with Crippen molar-refractivity contribution in [2.24, 2.45) is 0 Å². The lowest BCUT2D eigenvalue weighted by Gasteiger charge is -2.07. The zero-order chi connectivity index (χ0) is 17.5. The molecule has 0 unspecified atom stereocenters. The van der Waals surface area contributed by atoms with Crippen LogP contribution in [0.3, 0.4) is 0 Å². The van der Waals surface area contributed by atoms with Crippen molar-refractivity contribution in [3.8, 4) is 23.3 Å². The van der Waals surface area contributed by atoms with Gasteiger partial charge in [0.25, 0.3) is 5.91 Å². The molecule has 1 amide bonds. The Morgan fingerprint density at radius 1 is 1.12 bits per heavy atom. The van der Waals surface area contributed by atoms with Crippen LogP contribution in [-0.4, -0.2) is 34.9 Å². The Hall–Kier alpha value is -3.11. The van der Waals surface area contributed by atoms with Crippen molar-refractivity contribution in [1.29, 1.82) is 0 Å². The van der Waals surface area contributed by atoms with Crippen LogP contribution in [0.2, 0.25) is 0 Å². The number of aromatic nitrogens is 2. The van der Waals surface area contributed by atoms with Crippen molar-refractivity contribution >= 4 is 28.7 Å². The third kappa shape index (κ3) is 4.25. The van der Waals surface area contributed by atoms with E-state index in [1.165, 1.54) is 0 Å². The fraction of sp³-hybridized carbons (Fsp3) is 0.167. The zero-order valence-electron chi connectivity index (χ0n) is 13.5. The maximum absolute atomic E-state index is 12.1. The van der Waals surface area contributed by atoms with E-state index in [0.717, 1.165) is 17.2 Å². The number of nitrogens with zero attached hydrogens (tertiary/aromatic N) is 2. The Morgan fingerprint density at radius 2 is 1.92 bits per heavy atom. The number of rotatable bonds is 5. The second-order valence-corrected chi connectivity index (χ2v) is 5.47. The summed E-state index contributed by atoms with van der Waals surface area (Å²) in [5, 5.41) is 2.74. The molecule has 6 nitrogen and oxygen atoms in total. The normalized spacial score (nSPS) is 9.96. The fourth-order valence-electron chi connectivity index (χ4n) is 2.12. The lowest BCUT2D eigenvalue weighted by molar-refractivity contribution is 0.0959. The molecule has 0 aliphatic rings. The van der Waals surface area contributed by atoms with E-state index in [9.17, 15) is 4.79 Å². The predicted octanol–water partition coefficient (Wildman–Crippen LogP) is 2.51. The summed E-state index contributed by atoms with van der Waals surface area (Å²) in [5.74, 6) is 6.80. The summed E-state index contributed by atoms with van der Waals surface area (Å²) in [4.78, 5) is 12.1. The van der Waals surface area contributed by atoms with E-state index in [4.69, 9.17) is 9.47 Å². The van der Waals surface area contributed by atoms with E-state index in [0.29, 0.717) is 22.6 Å². The number of carbonyl (C=O) groups excluding carboxylic acids is 1. The Balaban J connectivity index is 1.48. The molecule has 1 aromatic heterocycles. The second kappa shape index (κ2) is 8.13. The van der Waals surface area contributed by atoms with Crippen LogP contribution in [0.5, 0.6) is 11.5 Å². The van der Waals surface area contributed by atoms with Crippen molar-refractivity contribution in [3.05, 3.63) is 48.0 Å². The minimum atomic E-state index is -0.199. The molecule has 1 heterocycles. The maximum atomic E-state index is 12.1. The number of carbonyl (C=O) groups is 1. The zero-order valence-corrected chi connectivity index (χ0v) is 14.3. The third-order valence-corrected chi connectivity index (χ3v) is 3.90. The summed E-state index contributed by atoms with van der Waals surface area (Å²) in [5.41, 5.74) is 2.04. The maximum Gasteiger partial charge on any atom is 0.252 e. The summed E-state index contributed by atoms with van der Waals surface area (Å²) < 4.78 is 19.0. The minimum absolute atomic E-state index is 0.199. The van der Waals surface area contributed by atoms with Crippen LogP contribution in [0, 0.1) is 11.8 Å². The molecule has 25 heavy (non-hydrogen) atoms. The molecule has 0 aliphatic heterocycles. The molecule has 0 bridgehead atoms. The Kier molecular flexibility index (Phi) is 5.44. The fourth-order valence-corrected chi connectivity index (χ4v) is 2.63. The Morgan fingerprint density at radius 3 is 2.76 bits per heavy atom. The number of hydrogen-bond acceptors (Lipinski definition) is 6. The predicted molar refractivity (Wildman–Crippen MR) is 96.0 cm³/mol. The molecule has 0 saturated heterocycles. The SMILES string of the molecule is COc1ccccc1OCC#CCNC(=O)c1ccc2nsnc2c1. The molecular weight excluding hydrogens is 338 g/mol. The number of ether oxygens (including phenoxy) is 2. The molecule has 0 radical (unpaired) electrons. The van der Waals surface area contributed by atoms with Gasteiger partial charge in [-0.2, -0.15) is 8.75 Å². The summed E-state index contributed by atoms with van der Waals surface area (Å²) in [6.07, 6.45) is 0. The second-order valence-electron chi connectivity index (χ2n) is 4.94. The monoisotopic (exact) mass is 353 g/mol. The van der Waals surface area contributed by atoms with Crippen molar-refractivity contribution in [2.45, 2.75) is 0 Å². The van der Waals surface area contributed by atoms with Gasteiger partial charge in [0.05, 0.1) is 25.4 Å². The van der Waals surface area contributed by atoms with Gasteiger partial charge in [-0.15, -0.1) is 0 Å². The van der Waals surface area contributed by atoms with E-state index in [2.05, 4.69) is 25.9 Å². The largest absolute Gasteiger partial charge is 0.493 e. The molecule has 0 atom stereocenters. The van der Waals surface area contributed by atoms with Crippen molar-refractivity contribution in [1.82, 2.24) is 14.1 Å². The molecule has 3 rings (SSSR count). The number of methoxy groups -OCH3 is 1. The first-order valence-corrected chi connectivity index (χ1v) is 8.23. The first-order valence-electron chi connectivity index (χ1n) is 7.50. The molecule has 126 valence electrons. The van der Waals surface area contributed by atoms with Crippen molar-refractivity contribution < 1.29 is 14.3 Å². The van der Waals surface area contributed by atoms with Gasteiger partial charge in [-0.1, -0.05) is 24.0 Å². The van der Waals surface area contributed by atoms with Crippen molar-refractivity contribution in [3.63, 3.8) is 0 Å². The van der Waals surface area contributed by atoms with Crippen LogP contribution < -0.4 is 14.8 Å². The summed E-state index contributed by atoms with van der Waals surface area (Å²) >= 11 is 1.12. The van der Waals surface area contributed by atoms with Gasteiger partial charge in [0, 0.05) is 5.56 Å². The molecular formula is C18H15N3O3S. The quantitative estimate of drug-likeness (QED) is 0.714. The lowest BCUT2D eigenvalue weighted by atomic mass is 10.2. The van der Waals surface area contributed by atoms with Crippen LogP contribution in [0.1, 0.15) is 10.4 Å². The molecule has 0 saturated carbocycles. The van der Waals surface area contributed by atoms with Gasteiger partial charge < -0.3 is 14.8 Å². The first kappa shape index (κ1) is 16.7. The number of para-hydroxylation sites is 2. The average Bonchev–Trinajstić information content (AvgIpc) is 3.12. The van der Waals surface area contributed by atoms with Gasteiger partial charge in [0.1, 0.15) is 17.6 Å². The molecule has 0 aliphatic carbocycles. The van der Waals surface area contributed by atoms with Crippen molar-refractivity contribution in [2.75, 3.05) is 20.3 Å². The van der Waals surface area contributed by atoms with E-state index in [-0.39, 0.29) is 19.1 Å². The Bertz CT molecular complexity index is 943. The van der Waals surface area contributed by atoms with E-state index < -0.39 is 0 Å². The van der Waals surface area contributed by atoms with Gasteiger partial charge in [0.2, 0.25) is 0 Å². The molecule has 2 aromatic carbocycles. The number of nitrogens with one attached hydrogen (secondary N) is 1. The first-order chi connectivity index (χ1) is 12.3. The van der Waals surface area contributed by atoms with E-state index >= 15 is 0 Å². The highest BCUT2D eigenvalue weighted by Crippen LogP contribution is 2.25. The highest BCUT2D eigenvalue weighted by Gasteiger charge is 2.07.